The normalized spacial score (nSPS) is 25.8. The van der Waals surface area contributed by atoms with Gasteiger partial charge in [0.1, 0.15) is 12.2 Å². The van der Waals surface area contributed by atoms with Crippen molar-refractivity contribution in [1.82, 2.24) is 30.2 Å². The van der Waals surface area contributed by atoms with Gasteiger partial charge in [-0.1, -0.05) is 35.9 Å². The molecule has 4 heterocycles. The summed E-state index contributed by atoms with van der Waals surface area (Å²) in [7, 11) is 1.89. The number of carbonyl (C=O) groups is 3. The summed E-state index contributed by atoms with van der Waals surface area (Å²) in [6, 6.07) is 13.0. The summed E-state index contributed by atoms with van der Waals surface area (Å²) >= 11 is 0. The number of nitrogens with zero attached hydrogens (tertiary/aromatic N) is 4. The predicted molar refractivity (Wildman–Crippen MR) is 162 cm³/mol. The van der Waals surface area contributed by atoms with Crippen molar-refractivity contribution in [1.29, 1.82) is 0 Å². The summed E-state index contributed by atoms with van der Waals surface area (Å²) in [5.41, 5.74) is 4.33. The van der Waals surface area contributed by atoms with E-state index in [0.29, 0.717) is 45.4 Å². The maximum atomic E-state index is 14.2. The molecule has 2 aromatic carbocycles. The minimum atomic E-state index is -1.01. The second-order valence-electron chi connectivity index (χ2n) is 12.5. The van der Waals surface area contributed by atoms with Crippen molar-refractivity contribution < 1.29 is 18.8 Å². The molecule has 0 radical (unpaired) electrons. The van der Waals surface area contributed by atoms with Gasteiger partial charge >= 0.3 is 0 Å². The van der Waals surface area contributed by atoms with Crippen LogP contribution in [0.15, 0.2) is 48.7 Å². The Balaban J connectivity index is 1.19. The summed E-state index contributed by atoms with van der Waals surface area (Å²) in [5, 5.41) is 11.7. The average molecular weight is 589 g/mol. The number of fused-ring (bicyclic) bond motifs is 1. The Morgan fingerprint density at radius 3 is 2.60 bits per heavy atom. The van der Waals surface area contributed by atoms with E-state index >= 15 is 0 Å². The predicted octanol–water partition coefficient (Wildman–Crippen LogP) is 2.90. The van der Waals surface area contributed by atoms with Crippen molar-refractivity contribution in [2.45, 2.75) is 63.8 Å². The molecule has 228 valence electrons. The van der Waals surface area contributed by atoms with Crippen LogP contribution in [0.2, 0.25) is 0 Å². The van der Waals surface area contributed by atoms with Crippen LogP contribution < -0.4 is 10.6 Å². The Kier molecular flexibility index (Phi) is 8.47. The maximum absolute atomic E-state index is 14.2. The second kappa shape index (κ2) is 12.4. The van der Waals surface area contributed by atoms with Crippen LogP contribution in [0.1, 0.15) is 42.4 Å². The number of halogens is 1. The van der Waals surface area contributed by atoms with Gasteiger partial charge in [0.25, 0.3) is 0 Å². The first-order chi connectivity index (χ1) is 20.8. The molecular formula is C33H41FN6O3. The van der Waals surface area contributed by atoms with Crippen molar-refractivity contribution >= 4 is 28.6 Å². The largest absolute Gasteiger partial charge is 0.350 e. The first kappa shape index (κ1) is 29.3. The first-order valence-electron chi connectivity index (χ1n) is 15.5. The first-order valence-corrected chi connectivity index (χ1v) is 15.5. The number of alkyl halides is 1. The van der Waals surface area contributed by atoms with Crippen LogP contribution in [0.4, 0.5) is 4.39 Å². The van der Waals surface area contributed by atoms with E-state index in [1.54, 1.807) is 16.0 Å². The van der Waals surface area contributed by atoms with Gasteiger partial charge in [-0.3, -0.25) is 19.1 Å². The molecule has 1 aromatic heterocycles. The number of aryl methyl sites for hydroxylation is 2. The summed E-state index contributed by atoms with van der Waals surface area (Å²) in [4.78, 5) is 44.6. The number of aromatic nitrogens is 2. The summed E-state index contributed by atoms with van der Waals surface area (Å²) in [6.45, 7) is 3.94. The Bertz CT molecular complexity index is 1490. The highest BCUT2D eigenvalue weighted by Crippen LogP contribution is 2.31. The molecule has 0 saturated carbocycles. The molecule has 3 amide bonds. The van der Waals surface area contributed by atoms with Gasteiger partial charge in [0.15, 0.2) is 0 Å². The third-order valence-electron chi connectivity index (χ3n) is 9.38. The van der Waals surface area contributed by atoms with Gasteiger partial charge in [-0.15, -0.1) is 0 Å². The number of benzene rings is 2. The zero-order chi connectivity index (χ0) is 30.1. The average Bonchev–Trinajstić information content (AvgIpc) is 3.75. The highest BCUT2D eigenvalue weighted by molar-refractivity contribution is 5.94. The summed E-state index contributed by atoms with van der Waals surface area (Å²) < 4.78 is 15.7. The number of carbonyl (C=O) groups excluding carboxylic acids is 3. The SMILES string of the molecule is Cc1ccc(C[C@@H]2C[C@@H](C(=O)NCc3ccc4c(cnn4C)c3)N(C(=O)[C@@H]3NCCC[C@@H]3C(=O)N3CC[C@H](F)C3)C2)cc1. The minimum absolute atomic E-state index is 0.0917. The highest BCUT2D eigenvalue weighted by atomic mass is 19.1. The molecule has 2 N–H and O–H groups in total. The van der Waals surface area contributed by atoms with Crippen LogP contribution >= 0.6 is 0 Å². The number of hydrogen-bond acceptors (Lipinski definition) is 5. The molecule has 43 heavy (non-hydrogen) atoms. The van der Waals surface area contributed by atoms with Gasteiger partial charge in [0.05, 0.1) is 30.2 Å². The Labute approximate surface area is 251 Å². The van der Waals surface area contributed by atoms with E-state index in [1.165, 1.54) is 11.1 Å². The fourth-order valence-electron chi connectivity index (χ4n) is 7.00. The Hall–Kier alpha value is -3.79. The number of amides is 3. The molecule has 5 atom stereocenters. The summed E-state index contributed by atoms with van der Waals surface area (Å²) in [6.07, 6.45) is 3.79. The van der Waals surface area contributed by atoms with Crippen molar-refractivity contribution in [3.8, 4) is 0 Å². The molecule has 3 saturated heterocycles. The molecule has 3 aliphatic rings. The quantitative estimate of drug-likeness (QED) is 0.442. The number of piperidine rings is 1. The van der Waals surface area contributed by atoms with E-state index in [4.69, 9.17) is 0 Å². The molecule has 6 rings (SSSR count). The minimum Gasteiger partial charge on any atom is -0.350 e. The molecule has 3 aliphatic heterocycles. The van der Waals surface area contributed by atoms with E-state index in [0.717, 1.165) is 29.3 Å². The third-order valence-corrected chi connectivity index (χ3v) is 9.38. The van der Waals surface area contributed by atoms with Crippen LogP contribution in [0.5, 0.6) is 0 Å². The molecule has 3 aromatic rings. The maximum Gasteiger partial charge on any atom is 0.243 e. The van der Waals surface area contributed by atoms with Gasteiger partial charge in [-0.05, 0) is 74.8 Å². The van der Waals surface area contributed by atoms with Crippen molar-refractivity contribution in [3.05, 3.63) is 65.4 Å². The molecule has 9 nitrogen and oxygen atoms in total. The van der Waals surface area contributed by atoms with Crippen LogP contribution in [0.25, 0.3) is 10.9 Å². The smallest absolute Gasteiger partial charge is 0.243 e. The fraction of sp³-hybridized carbons (Fsp3) is 0.515. The lowest BCUT2D eigenvalue weighted by molar-refractivity contribution is -0.147. The van der Waals surface area contributed by atoms with Crippen molar-refractivity contribution in [2.75, 3.05) is 26.2 Å². The van der Waals surface area contributed by atoms with Gasteiger partial charge in [-0.25, -0.2) is 4.39 Å². The Morgan fingerprint density at radius 2 is 1.84 bits per heavy atom. The van der Waals surface area contributed by atoms with Gasteiger partial charge in [0.2, 0.25) is 17.7 Å². The monoisotopic (exact) mass is 588 g/mol. The Morgan fingerprint density at radius 1 is 1.05 bits per heavy atom. The molecule has 0 aliphatic carbocycles. The standard InChI is InChI=1S/C33H41FN6O3/c1-21-5-7-22(8-6-21)14-24-16-29(31(41)36-17-23-9-10-28-25(15-23)18-37-38(28)2)40(19-24)33(43)30-27(4-3-12-35-30)32(42)39-13-11-26(34)20-39/h5-10,15,18,24,26-27,29-30,35H,3-4,11-14,16-17,19-20H2,1-2H3,(H,36,41)/t24-,26+,27+,29+,30-/m1/s1. The van der Waals surface area contributed by atoms with E-state index in [1.807, 2.05) is 29.9 Å². The molecule has 10 heteroatoms. The lowest BCUT2D eigenvalue weighted by atomic mass is 9.88. The van der Waals surface area contributed by atoms with E-state index in [-0.39, 0.29) is 30.2 Å². The lowest BCUT2D eigenvalue weighted by Crippen LogP contribution is -2.59. The number of likely N-dealkylation sites (tertiary alicyclic amines) is 2. The van der Waals surface area contributed by atoms with Gasteiger partial charge in [-0.2, -0.15) is 5.10 Å². The van der Waals surface area contributed by atoms with E-state index < -0.39 is 24.2 Å². The third kappa shape index (κ3) is 6.30. The second-order valence-corrected chi connectivity index (χ2v) is 12.5. The topological polar surface area (TPSA) is 99.6 Å². The van der Waals surface area contributed by atoms with E-state index in [9.17, 15) is 18.8 Å². The van der Waals surface area contributed by atoms with Crippen LogP contribution in [0.3, 0.4) is 0 Å². The lowest BCUT2D eigenvalue weighted by Gasteiger charge is -2.36. The number of hydrogen-bond donors (Lipinski definition) is 2. The van der Waals surface area contributed by atoms with Gasteiger partial charge < -0.3 is 20.4 Å². The number of rotatable bonds is 7. The van der Waals surface area contributed by atoms with Crippen molar-refractivity contribution in [3.63, 3.8) is 0 Å². The van der Waals surface area contributed by atoms with Crippen LogP contribution in [-0.4, -0.2) is 81.7 Å². The fourth-order valence-corrected chi connectivity index (χ4v) is 7.00. The highest BCUT2D eigenvalue weighted by Gasteiger charge is 2.46. The molecule has 0 spiro atoms. The van der Waals surface area contributed by atoms with E-state index in [2.05, 4.69) is 46.9 Å². The zero-order valence-electron chi connectivity index (χ0n) is 25.0. The van der Waals surface area contributed by atoms with Crippen molar-refractivity contribution in [2.24, 2.45) is 18.9 Å². The molecule has 0 bridgehead atoms. The van der Waals surface area contributed by atoms with Crippen LogP contribution in [-0.2, 0) is 34.4 Å². The number of nitrogens with one attached hydrogen (secondary N) is 2. The molecule has 0 unspecified atom stereocenters. The molecular weight excluding hydrogens is 547 g/mol. The van der Waals surface area contributed by atoms with Crippen LogP contribution in [0, 0.1) is 18.8 Å². The molecule has 3 fully saturated rings. The van der Waals surface area contributed by atoms with Gasteiger partial charge in [0, 0.05) is 32.1 Å². The zero-order valence-corrected chi connectivity index (χ0v) is 25.0. The summed E-state index contributed by atoms with van der Waals surface area (Å²) in [5.74, 6) is -1.01.